The molecular formula is C15H27N3O. The number of hydrogen-bond acceptors (Lipinski definition) is 4. The molecule has 0 aromatic carbocycles. The number of anilines is 1. The van der Waals surface area contributed by atoms with Crippen molar-refractivity contribution in [3.8, 4) is 5.88 Å². The zero-order valence-electron chi connectivity index (χ0n) is 12.5. The van der Waals surface area contributed by atoms with Gasteiger partial charge in [-0.15, -0.1) is 0 Å². The molecule has 0 spiro atoms. The van der Waals surface area contributed by atoms with Crippen molar-refractivity contribution in [1.82, 2.24) is 9.97 Å². The summed E-state index contributed by atoms with van der Waals surface area (Å²) in [6, 6.07) is 0. The van der Waals surface area contributed by atoms with Crippen LogP contribution in [0.1, 0.15) is 63.6 Å². The van der Waals surface area contributed by atoms with E-state index in [0.29, 0.717) is 18.4 Å². The van der Waals surface area contributed by atoms with Gasteiger partial charge in [0.2, 0.25) is 11.8 Å². The number of ether oxygens (including phenoxy) is 1. The summed E-state index contributed by atoms with van der Waals surface area (Å²) < 4.78 is 5.56. The number of unbranched alkanes of at least 4 members (excludes halogenated alkanes) is 5. The summed E-state index contributed by atoms with van der Waals surface area (Å²) in [5.74, 6) is 0.966. The first-order valence-electron chi connectivity index (χ1n) is 7.44. The maximum Gasteiger partial charge on any atom is 0.223 e. The molecule has 0 amide bonds. The van der Waals surface area contributed by atoms with Crippen LogP contribution in [0.2, 0.25) is 0 Å². The molecule has 1 aromatic heterocycles. The number of aryl methyl sites for hydroxylation is 1. The molecule has 4 nitrogen and oxygen atoms in total. The Labute approximate surface area is 116 Å². The van der Waals surface area contributed by atoms with E-state index in [2.05, 4.69) is 16.9 Å². The Hall–Kier alpha value is -1.32. The summed E-state index contributed by atoms with van der Waals surface area (Å²) in [6.07, 6.45) is 8.69. The van der Waals surface area contributed by atoms with Crippen LogP contribution >= 0.6 is 0 Å². The van der Waals surface area contributed by atoms with Gasteiger partial charge in [-0.1, -0.05) is 39.0 Å². The third kappa shape index (κ3) is 5.45. The van der Waals surface area contributed by atoms with Crippen molar-refractivity contribution in [2.45, 2.75) is 65.7 Å². The predicted octanol–water partition coefficient (Wildman–Crippen LogP) is 3.67. The van der Waals surface area contributed by atoms with Crippen molar-refractivity contribution in [3.63, 3.8) is 0 Å². The summed E-state index contributed by atoms with van der Waals surface area (Å²) >= 11 is 0. The lowest BCUT2D eigenvalue weighted by Gasteiger charge is -2.12. The molecule has 1 heterocycles. The lowest BCUT2D eigenvalue weighted by molar-refractivity contribution is 0.321. The molecule has 1 aromatic rings. The average Bonchev–Trinajstić information content (AvgIpc) is 2.36. The van der Waals surface area contributed by atoms with E-state index in [0.717, 1.165) is 24.1 Å². The molecule has 108 valence electrons. The smallest absolute Gasteiger partial charge is 0.223 e. The van der Waals surface area contributed by atoms with Crippen LogP contribution in [-0.2, 0) is 6.42 Å². The minimum absolute atomic E-state index is 0.299. The first-order chi connectivity index (χ1) is 9.19. The summed E-state index contributed by atoms with van der Waals surface area (Å²) in [5.41, 5.74) is 7.73. The normalized spacial score (nSPS) is 10.7. The van der Waals surface area contributed by atoms with Crippen molar-refractivity contribution in [1.29, 1.82) is 0 Å². The number of hydrogen-bond donors (Lipinski definition) is 1. The second kappa shape index (κ2) is 8.73. The molecule has 2 N–H and O–H groups in total. The van der Waals surface area contributed by atoms with Crippen LogP contribution in [0.25, 0.3) is 0 Å². The maximum absolute atomic E-state index is 5.67. The summed E-state index contributed by atoms with van der Waals surface area (Å²) in [4.78, 5) is 8.43. The van der Waals surface area contributed by atoms with Gasteiger partial charge in [0, 0.05) is 11.3 Å². The molecule has 0 bridgehead atoms. The third-order valence-electron chi connectivity index (χ3n) is 3.25. The van der Waals surface area contributed by atoms with Crippen LogP contribution in [0.5, 0.6) is 5.88 Å². The van der Waals surface area contributed by atoms with E-state index in [-0.39, 0.29) is 0 Å². The highest BCUT2D eigenvalue weighted by molar-refractivity contribution is 5.35. The molecule has 0 saturated carbocycles. The fourth-order valence-corrected chi connectivity index (χ4v) is 2.22. The number of nitrogens with two attached hydrogens (primary N) is 1. The van der Waals surface area contributed by atoms with E-state index >= 15 is 0 Å². The van der Waals surface area contributed by atoms with Gasteiger partial charge < -0.3 is 10.5 Å². The van der Waals surface area contributed by atoms with E-state index in [1.807, 2.05) is 13.8 Å². The van der Waals surface area contributed by atoms with E-state index in [9.17, 15) is 0 Å². The standard InChI is InChI=1S/C15H27N3O/c1-4-6-7-8-9-10-11-13-12(3)17-15(16)18-14(13)19-5-2/h4-11H2,1-3H3,(H2,16,17,18). The van der Waals surface area contributed by atoms with E-state index in [1.54, 1.807) is 0 Å². The van der Waals surface area contributed by atoms with Crippen molar-refractivity contribution >= 4 is 5.95 Å². The zero-order chi connectivity index (χ0) is 14.1. The highest BCUT2D eigenvalue weighted by Crippen LogP contribution is 2.22. The Bertz CT molecular complexity index is 380. The van der Waals surface area contributed by atoms with E-state index in [1.165, 1.54) is 32.1 Å². The Balaban J connectivity index is 2.51. The van der Waals surface area contributed by atoms with Crippen LogP contribution in [0.4, 0.5) is 5.95 Å². The van der Waals surface area contributed by atoms with Crippen LogP contribution < -0.4 is 10.5 Å². The molecule has 4 heteroatoms. The van der Waals surface area contributed by atoms with E-state index in [4.69, 9.17) is 10.5 Å². The Morgan fingerprint density at radius 2 is 1.68 bits per heavy atom. The van der Waals surface area contributed by atoms with Gasteiger partial charge in [0.05, 0.1) is 6.61 Å². The molecular weight excluding hydrogens is 238 g/mol. The molecule has 0 aliphatic heterocycles. The first-order valence-corrected chi connectivity index (χ1v) is 7.44. The van der Waals surface area contributed by atoms with Gasteiger partial charge >= 0.3 is 0 Å². The average molecular weight is 265 g/mol. The van der Waals surface area contributed by atoms with Gasteiger partial charge in [-0.2, -0.15) is 4.98 Å². The molecule has 0 fully saturated rings. The second-order valence-corrected chi connectivity index (χ2v) is 4.90. The van der Waals surface area contributed by atoms with Gasteiger partial charge in [-0.3, -0.25) is 0 Å². The van der Waals surface area contributed by atoms with Gasteiger partial charge in [-0.25, -0.2) is 4.98 Å². The monoisotopic (exact) mass is 265 g/mol. The Morgan fingerprint density at radius 3 is 2.37 bits per heavy atom. The zero-order valence-corrected chi connectivity index (χ0v) is 12.5. The van der Waals surface area contributed by atoms with Crippen LogP contribution in [0.3, 0.4) is 0 Å². The highest BCUT2D eigenvalue weighted by Gasteiger charge is 2.11. The molecule has 0 saturated heterocycles. The van der Waals surface area contributed by atoms with Crippen LogP contribution in [0, 0.1) is 6.92 Å². The topological polar surface area (TPSA) is 61.0 Å². The van der Waals surface area contributed by atoms with Gasteiger partial charge in [-0.05, 0) is 26.7 Å². The molecule has 0 aliphatic carbocycles. The molecule has 0 radical (unpaired) electrons. The van der Waals surface area contributed by atoms with Gasteiger partial charge in [0.25, 0.3) is 0 Å². The highest BCUT2D eigenvalue weighted by atomic mass is 16.5. The largest absolute Gasteiger partial charge is 0.478 e. The quantitative estimate of drug-likeness (QED) is 0.692. The number of nitrogen functional groups attached to an aromatic ring is 1. The first kappa shape index (κ1) is 15.7. The molecule has 1 rings (SSSR count). The van der Waals surface area contributed by atoms with Crippen molar-refractivity contribution in [3.05, 3.63) is 11.3 Å². The van der Waals surface area contributed by atoms with Gasteiger partial charge in [0.15, 0.2) is 0 Å². The lowest BCUT2D eigenvalue weighted by Crippen LogP contribution is -2.07. The minimum atomic E-state index is 0.299. The summed E-state index contributed by atoms with van der Waals surface area (Å²) in [7, 11) is 0. The van der Waals surface area contributed by atoms with Crippen molar-refractivity contribution < 1.29 is 4.74 Å². The van der Waals surface area contributed by atoms with Crippen molar-refractivity contribution in [2.24, 2.45) is 0 Å². The van der Waals surface area contributed by atoms with Crippen LogP contribution in [-0.4, -0.2) is 16.6 Å². The fraction of sp³-hybridized carbons (Fsp3) is 0.733. The Kier molecular flexibility index (Phi) is 7.23. The minimum Gasteiger partial charge on any atom is -0.478 e. The third-order valence-corrected chi connectivity index (χ3v) is 3.25. The molecule has 0 unspecified atom stereocenters. The number of rotatable bonds is 9. The van der Waals surface area contributed by atoms with E-state index < -0.39 is 0 Å². The Morgan fingerprint density at radius 1 is 1.00 bits per heavy atom. The maximum atomic E-state index is 5.67. The summed E-state index contributed by atoms with van der Waals surface area (Å²) in [6.45, 7) is 6.79. The fourth-order valence-electron chi connectivity index (χ4n) is 2.22. The number of aromatic nitrogens is 2. The number of nitrogens with zero attached hydrogens (tertiary/aromatic N) is 2. The van der Waals surface area contributed by atoms with Crippen LogP contribution in [0.15, 0.2) is 0 Å². The van der Waals surface area contributed by atoms with Gasteiger partial charge in [0.1, 0.15) is 0 Å². The second-order valence-electron chi connectivity index (χ2n) is 4.90. The SMILES string of the molecule is CCCCCCCCc1c(C)nc(N)nc1OCC. The predicted molar refractivity (Wildman–Crippen MR) is 79.4 cm³/mol. The summed E-state index contributed by atoms with van der Waals surface area (Å²) in [5, 5.41) is 0. The van der Waals surface area contributed by atoms with Crippen molar-refractivity contribution in [2.75, 3.05) is 12.3 Å². The molecule has 0 atom stereocenters. The molecule has 0 aliphatic rings. The lowest BCUT2D eigenvalue weighted by atomic mass is 10.0. The molecule has 19 heavy (non-hydrogen) atoms.